The number of hydrogen-bond acceptors (Lipinski definition) is 5. The van der Waals surface area contributed by atoms with E-state index in [4.69, 9.17) is 4.74 Å². The number of benzene rings is 1. The summed E-state index contributed by atoms with van der Waals surface area (Å²) in [4.78, 5) is 24.3. The maximum Gasteiger partial charge on any atom is 0.262 e. The Morgan fingerprint density at radius 1 is 1.21 bits per heavy atom. The fourth-order valence-corrected chi connectivity index (χ4v) is 3.26. The first-order valence-electron chi connectivity index (χ1n) is 8.07. The molecule has 1 aliphatic carbocycles. The number of aromatic amines is 1. The summed E-state index contributed by atoms with van der Waals surface area (Å²) in [6.45, 7) is 0. The number of rotatable bonds is 3. The van der Waals surface area contributed by atoms with Crippen molar-refractivity contribution in [2.24, 2.45) is 0 Å². The Morgan fingerprint density at radius 2 is 2.04 bits per heavy atom. The number of pyridine rings is 1. The predicted octanol–water partition coefficient (Wildman–Crippen LogP) is 2.95. The number of methoxy groups -OCH3 is 1. The van der Waals surface area contributed by atoms with Crippen molar-refractivity contribution in [3.63, 3.8) is 0 Å². The van der Waals surface area contributed by atoms with Gasteiger partial charge in [-0.2, -0.15) is 4.98 Å². The molecular formula is C18H18N4O2. The van der Waals surface area contributed by atoms with Gasteiger partial charge in [0.1, 0.15) is 5.75 Å². The molecule has 0 unspecified atom stereocenters. The SMILES string of the molecule is COc1ccccc1Nc1nc2ncc3c(c2c(=O)[nH]1)CCCC3. The lowest BCUT2D eigenvalue weighted by atomic mass is 9.91. The molecule has 0 fully saturated rings. The number of anilines is 2. The Morgan fingerprint density at radius 3 is 2.92 bits per heavy atom. The van der Waals surface area contributed by atoms with Gasteiger partial charge in [-0.1, -0.05) is 12.1 Å². The number of para-hydroxylation sites is 2. The van der Waals surface area contributed by atoms with E-state index in [0.717, 1.165) is 36.9 Å². The van der Waals surface area contributed by atoms with Gasteiger partial charge in [-0.3, -0.25) is 9.78 Å². The summed E-state index contributed by atoms with van der Waals surface area (Å²) < 4.78 is 5.31. The van der Waals surface area contributed by atoms with Crippen LogP contribution in [0.25, 0.3) is 11.0 Å². The first-order valence-corrected chi connectivity index (χ1v) is 8.07. The van der Waals surface area contributed by atoms with E-state index in [1.165, 1.54) is 5.56 Å². The predicted molar refractivity (Wildman–Crippen MR) is 93.1 cm³/mol. The summed E-state index contributed by atoms with van der Waals surface area (Å²) in [5, 5.41) is 3.73. The van der Waals surface area contributed by atoms with E-state index >= 15 is 0 Å². The minimum atomic E-state index is -0.149. The molecule has 2 N–H and O–H groups in total. The molecule has 0 bridgehead atoms. The zero-order valence-corrected chi connectivity index (χ0v) is 13.4. The van der Waals surface area contributed by atoms with Crippen LogP contribution in [-0.4, -0.2) is 22.1 Å². The molecule has 1 aromatic carbocycles. The third kappa shape index (κ3) is 2.50. The Balaban J connectivity index is 1.80. The summed E-state index contributed by atoms with van der Waals surface area (Å²) in [5.74, 6) is 1.04. The molecule has 0 aliphatic heterocycles. The molecule has 6 heteroatoms. The van der Waals surface area contributed by atoms with Crippen LogP contribution in [0.3, 0.4) is 0 Å². The number of hydrogen-bond donors (Lipinski definition) is 2. The number of H-pyrrole nitrogens is 1. The molecule has 4 rings (SSSR count). The van der Waals surface area contributed by atoms with Crippen LogP contribution < -0.4 is 15.6 Å². The molecule has 3 aromatic rings. The van der Waals surface area contributed by atoms with E-state index in [9.17, 15) is 4.79 Å². The Kier molecular flexibility index (Phi) is 3.65. The molecule has 122 valence electrons. The second-order valence-electron chi connectivity index (χ2n) is 5.91. The monoisotopic (exact) mass is 322 g/mol. The van der Waals surface area contributed by atoms with E-state index in [0.29, 0.717) is 22.7 Å². The molecular weight excluding hydrogens is 304 g/mol. The first kappa shape index (κ1) is 14.7. The van der Waals surface area contributed by atoms with E-state index in [-0.39, 0.29) is 5.56 Å². The van der Waals surface area contributed by atoms with Crippen molar-refractivity contribution in [3.05, 3.63) is 51.9 Å². The third-order valence-corrected chi connectivity index (χ3v) is 4.42. The first-order chi connectivity index (χ1) is 11.8. The molecule has 0 saturated heterocycles. The quantitative estimate of drug-likeness (QED) is 0.775. The third-order valence-electron chi connectivity index (χ3n) is 4.42. The minimum absolute atomic E-state index is 0.149. The van der Waals surface area contributed by atoms with Crippen LogP contribution in [0, 0.1) is 0 Å². The lowest BCUT2D eigenvalue weighted by molar-refractivity contribution is 0.417. The van der Waals surface area contributed by atoms with Gasteiger partial charge in [0.2, 0.25) is 5.95 Å². The maximum absolute atomic E-state index is 12.6. The molecule has 0 radical (unpaired) electrons. The lowest BCUT2D eigenvalue weighted by Crippen LogP contribution is -2.16. The van der Waals surface area contributed by atoms with Crippen molar-refractivity contribution in [1.82, 2.24) is 15.0 Å². The van der Waals surface area contributed by atoms with Gasteiger partial charge in [0.15, 0.2) is 5.65 Å². The topological polar surface area (TPSA) is 79.9 Å². The highest BCUT2D eigenvalue weighted by atomic mass is 16.5. The van der Waals surface area contributed by atoms with Crippen LogP contribution in [-0.2, 0) is 12.8 Å². The van der Waals surface area contributed by atoms with Crippen LogP contribution in [0.2, 0.25) is 0 Å². The van der Waals surface area contributed by atoms with Gasteiger partial charge in [-0.25, -0.2) is 4.98 Å². The molecule has 24 heavy (non-hydrogen) atoms. The van der Waals surface area contributed by atoms with Crippen molar-refractivity contribution in [2.75, 3.05) is 12.4 Å². The average Bonchev–Trinajstić information content (AvgIpc) is 2.61. The van der Waals surface area contributed by atoms with E-state index in [1.54, 1.807) is 7.11 Å². The Hall–Kier alpha value is -2.89. The summed E-state index contributed by atoms with van der Waals surface area (Å²) in [7, 11) is 1.60. The molecule has 0 spiro atoms. The van der Waals surface area contributed by atoms with Crippen molar-refractivity contribution < 1.29 is 4.74 Å². The largest absolute Gasteiger partial charge is 0.495 e. The van der Waals surface area contributed by atoms with Crippen molar-refractivity contribution in [1.29, 1.82) is 0 Å². The van der Waals surface area contributed by atoms with Gasteiger partial charge in [0.05, 0.1) is 18.2 Å². The second-order valence-corrected chi connectivity index (χ2v) is 5.91. The maximum atomic E-state index is 12.6. The van der Waals surface area contributed by atoms with Crippen LogP contribution in [0.15, 0.2) is 35.3 Å². The highest BCUT2D eigenvalue weighted by Crippen LogP contribution is 2.27. The van der Waals surface area contributed by atoms with Gasteiger partial charge >= 0.3 is 0 Å². The number of nitrogens with one attached hydrogen (secondary N) is 2. The number of fused-ring (bicyclic) bond motifs is 3. The standard InChI is InChI=1S/C18H18N4O2/c1-24-14-9-5-4-8-13(14)20-18-21-16-15(17(23)22-18)12-7-3-2-6-11(12)10-19-16/h4-5,8-10H,2-3,6-7H2,1H3,(H2,19,20,21,22,23). The van der Waals surface area contributed by atoms with Crippen molar-refractivity contribution in [3.8, 4) is 5.75 Å². The van der Waals surface area contributed by atoms with Crippen LogP contribution in [0.5, 0.6) is 5.75 Å². The van der Waals surface area contributed by atoms with E-state index in [1.807, 2.05) is 30.5 Å². The highest BCUT2D eigenvalue weighted by molar-refractivity contribution is 5.80. The summed E-state index contributed by atoms with van der Waals surface area (Å²) in [5.41, 5.74) is 3.34. The molecule has 1 aliphatic rings. The number of aromatic nitrogens is 3. The normalized spacial score (nSPS) is 13.5. The fraction of sp³-hybridized carbons (Fsp3) is 0.278. The number of ether oxygens (including phenoxy) is 1. The minimum Gasteiger partial charge on any atom is -0.495 e. The Bertz CT molecular complexity index is 965. The zero-order valence-electron chi connectivity index (χ0n) is 13.4. The van der Waals surface area contributed by atoms with Crippen molar-refractivity contribution >= 4 is 22.7 Å². The fourth-order valence-electron chi connectivity index (χ4n) is 3.26. The molecule has 2 aromatic heterocycles. The van der Waals surface area contributed by atoms with Gasteiger partial charge in [0.25, 0.3) is 5.56 Å². The van der Waals surface area contributed by atoms with E-state index in [2.05, 4.69) is 20.3 Å². The lowest BCUT2D eigenvalue weighted by Gasteiger charge is -2.16. The van der Waals surface area contributed by atoms with Gasteiger partial charge in [0, 0.05) is 6.20 Å². The number of aryl methyl sites for hydroxylation is 2. The van der Waals surface area contributed by atoms with Crippen LogP contribution in [0.4, 0.5) is 11.6 Å². The molecule has 2 heterocycles. The van der Waals surface area contributed by atoms with Crippen molar-refractivity contribution in [2.45, 2.75) is 25.7 Å². The zero-order chi connectivity index (χ0) is 16.5. The van der Waals surface area contributed by atoms with Gasteiger partial charge in [-0.15, -0.1) is 0 Å². The summed E-state index contributed by atoms with van der Waals surface area (Å²) in [6, 6.07) is 7.48. The molecule has 0 amide bonds. The van der Waals surface area contributed by atoms with Gasteiger partial charge in [-0.05, 0) is 48.9 Å². The summed E-state index contributed by atoms with van der Waals surface area (Å²) >= 11 is 0. The smallest absolute Gasteiger partial charge is 0.262 e. The summed E-state index contributed by atoms with van der Waals surface area (Å²) in [6.07, 6.45) is 6.01. The molecule has 6 nitrogen and oxygen atoms in total. The van der Waals surface area contributed by atoms with Crippen LogP contribution >= 0.6 is 0 Å². The molecule has 0 atom stereocenters. The number of nitrogens with zero attached hydrogens (tertiary/aromatic N) is 2. The van der Waals surface area contributed by atoms with Gasteiger partial charge < -0.3 is 10.1 Å². The second kappa shape index (κ2) is 5.96. The molecule has 0 saturated carbocycles. The van der Waals surface area contributed by atoms with E-state index < -0.39 is 0 Å². The average molecular weight is 322 g/mol. The highest BCUT2D eigenvalue weighted by Gasteiger charge is 2.17. The van der Waals surface area contributed by atoms with Crippen LogP contribution in [0.1, 0.15) is 24.0 Å². The Labute approximate surface area is 138 Å².